The molecular formula is C21H21F3N4O2. The highest BCUT2D eigenvalue weighted by Gasteiger charge is 2.32. The number of benzene rings is 2. The number of aliphatic hydroxyl groups is 1. The van der Waals surface area contributed by atoms with Crippen LogP contribution >= 0.6 is 0 Å². The van der Waals surface area contributed by atoms with Gasteiger partial charge in [-0.25, -0.2) is 0 Å². The molecule has 6 nitrogen and oxygen atoms in total. The minimum Gasteiger partial charge on any atom is -0.385 e. The van der Waals surface area contributed by atoms with Crippen LogP contribution in [0.25, 0.3) is 11.4 Å². The predicted molar refractivity (Wildman–Crippen MR) is 103 cm³/mol. The number of hydrogen-bond acceptors (Lipinski definition) is 5. The molecule has 2 aromatic carbocycles. The van der Waals surface area contributed by atoms with Gasteiger partial charge < -0.3 is 9.84 Å². The van der Waals surface area contributed by atoms with Crippen LogP contribution in [0.5, 0.6) is 0 Å². The summed E-state index contributed by atoms with van der Waals surface area (Å²) in [7, 11) is 0. The van der Waals surface area contributed by atoms with Crippen LogP contribution in [0.1, 0.15) is 29.5 Å². The van der Waals surface area contributed by atoms with Crippen molar-refractivity contribution < 1.29 is 23.0 Å². The highest BCUT2D eigenvalue weighted by Crippen LogP contribution is 2.30. The van der Waals surface area contributed by atoms with Gasteiger partial charge in [0.2, 0.25) is 5.82 Å². The number of halogens is 3. The molecule has 9 heteroatoms. The molecule has 1 aromatic heterocycles. The zero-order valence-electron chi connectivity index (χ0n) is 16.1. The summed E-state index contributed by atoms with van der Waals surface area (Å²) in [5.74, 6) is 0.401. The fourth-order valence-corrected chi connectivity index (χ4v) is 3.57. The molecule has 0 saturated carbocycles. The first-order valence-corrected chi connectivity index (χ1v) is 9.65. The van der Waals surface area contributed by atoms with Crippen LogP contribution in [0.15, 0.2) is 48.5 Å². The number of tetrazole rings is 1. The van der Waals surface area contributed by atoms with Gasteiger partial charge >= 0.3 is 6.18 Å². The van der Waals surface area contributed by atoms with Crippen LogP contribution in [0.4, 0.5) is 13.2 Å². The molecule has 1 unspecified atom stereocenters. The maximum absolute atomic E-state index is 12.8. The number of alkyl halides is 3. The van der Waals surface area contributed by atoms with E-state index < -0.39 is 17.3 Å². The molecule has 0 radical (unpaired) electrons. The Balaban J connectivity index is 1.53. The predicted octanol–water partition coefficient (Wildman–Crippen LogP) is 3.49. The van der Waals surface area contributed by atoms with E-state index in [1.54, 1.807) is 0 Å². The molecule has 0 bridgehead atoms. The van der Waals surface area contributed by atoms with Crippen molar-refractivity contribution in [2.45, 2.75) is 37.6 Å². The number of aromatic nitrogens is 4. The fraction of sp³-hybridized carbons (Fsp3) is 0.381. The molecule has 0 amide bonds. The summed E-state index contributed by atoms with van der Waals surface area (Å²) in [4.78, 5) is 1.36. The Labute approximate surface area is 171 Å². The Bertz CT molecular complexity index is 996. The first kappa shape index (κ1) is 20.5. The third kappa shape index (κ3) is 4.68. The zero-order valence-corrected chi connectivity index (χ0v) is 16.1. The lowest BCUT2D eigenvalue weighted by Crippen LogP contribution is -2.43. The molecular weight excluding hydrogens is 397 g/mol. The van der Waals surface area contributed by atoms with Crippen LogP contribution in [0.3, 0.4) is 0 Å². The second-order valence-electron chi connectivity index (χ2n) is 7.55. The average Bonchev–Trinajstić information content (AvgIpc) is 3.16. The van der Waals surface area contributed by atoms with E-state index >= 15 is 0 Å². The molecule has 1 fully saturated rings. The monoisotopic (exact) mass is 418 g/mol. The lowest BCUT2D eigenvalue weighted by molar-refractivity contribution is -0.137. The molecule has 2 heterocycles. The largest absolute Gasteiger partial charge is 0.416 e. The molecule has 1 N–H and O–H groups in total. The van der Waals surface area contributed by atoms with Crippen molar-refractivity contribution in [2.24, 2.45) is 0 Å². The van der Waals surface area contributed by atoms with Gasteiger partial charge in [0, 0.05) is 12.2 Å². The van der Waals surface area contributed by atoms with Crippen LogP contribution < -0.4 is 0 Å². The molecule has 1 saturated heterocycles. The summed E-state index contributed by atoms with van der Waals surface area (Å²) < 4.78 is 43.7. The van der Waals surface area contributed by atoms with Crippen molar-refractivity contribution in [1.29, 1.82) is 0 Å². The summed E-state index contributed by atoms with van der Waals surface area (Å²) in [5.41, 5.74) is 0.674. The number of nitrogens with zero attached hydrogens (tertiary/aromatic N) is 4. The van der Waals surface area contributed by atoms with Crippen molar-refractivity contribution in [1.82, 2.24) is 20.2 Å². The van der Waals surface area contributed by atoms with E-state index in [2.05, 4.69) is 15.4 Å². The fourth-order valence-electron chi connectivity index (χ4n) is 3.57. The highest BCUT2D eigenvalue weighted by atomic mass is 19.4. The lowest BCUT2D eigenvalue weighted by atomic mass is 9.97. The Morgan fingerprint density at radius 2 is 1.87 bits per heavy atom. The second-order valence-corrected chi connectivity index (χ2v) is 7.55. The van der Waals surface area contributed by atoms with Gasteiger partial charge in [-0.2, -0.15) is 18.0 Å². The smallest absolute Gasteiger partial charge is 0.385 e. The van der Waals surface area contributed by atoms with E-state index in [1.165, 1.54) is 16.9 Å². The van der Waals surface area contributed by atoms with Gasteiger partial charge in [-0.3, -0.25) is 0 Å². The van der Waals surface area contributed by atoms with Crippen molar-refractivity contribution in [3.63, 3.8) is 0 Å². The van der Waals surface area contributed by atoms with Crippen molar-refractivity contribution >= 4 is 0 Å². The first-order valence-electron chi connectivity index (χ1n) is 9.65. The topological polar surface area (TPSA) is 73.1 Å². The van der Waals surface area contributed by atoms with Crippen molar-refractivity contribution in [3.05, 3.63) is 65.2 Å². The Kier molecular flexibility index (Phi) is 5.57. The molecule has 4 rings (SSSR count). The molecule has 1 aliphatic rings. The Hall–Kier alpha value is -2.78. The number of hydrogen-bond donors (Lipinski definition) is 1. The molecule has 158 valence electrons. The standard InChI is InChI=1S/C21H21F3N4O2/c22-21(23,24)17-8-6-15(7-9-17)12-16-4-1-2-5-18(16)19-25-27-28(26-19)13-20(29)10-3-11-30-14-20/h1-2,4-9,29H,3,10-14H2. The summed E-state index contributed by atoms with van der Waals surface area (Å²) >= 11 is 0. The lowest BCUT2D eigenvalue weighted by Gasteiger charge is -2.30. The Morgan fingerprint density at radius 1 is 1.10 bits per heavy atom. The zero-order chi connectivity index (χ0) is 21.2. The number of rotatable bonds is 5. The Morgan fingerprint density at radius 3 is 2.57 bits per heavy atom. The summed E-state index contributed by atoms with van der Waals surface area (Å²) in [6, 6.07) is 12.5. The van der Waals surface area contributed by atoms with E-state index in [-0.39, 0.29) is 13.2 Å². The molecule has 0 aliphatic carbocycles. The van der Waals surface area contributed by atoms with E-state index in [0.29, 0.717) is 25.3 Å². The van der Waals surface area contributed by atoms with E-state index in [4.69, 9.17) is 4.74 Å². The SMILES string of the molecule is OC1(Cn2nnc(-c3ccccc3Cc3ccc(C(F)(F)F)cc3)n2)CCCOC1. The summed E-state index contributed by atoms with van der Waals surface area (Å²) in [6.07, 6.45) is -2.55. The van der Waals surface area contributed by atoms with E-state index in [9.17, 15) is 18.3 Å². The van der Waals surface area contributed by atoms with Gasteiger partial charge in [0.15, 0.2) is 0 Å². The first-order chi connectivity index (χ1) is 14.3. The molecule has 30 heavy (non-hydrogen) atoms. The normalized spacial score (nSPS) is 19.7. The van der Waals surface area contributed by atoms with Gasteiger partial charge in [0.05, 0.1) is 18.7 Å². The third-order valence-electron chi connectivity index (χ3n) is 5.12. The quantitative estimate of drug-likeness (QED) is 0.687. The van der Waals surface area contributed by atoms with E-state index in [1.807, 2.05) is 24.3 Å². The number of ether oxygens (including phenoxy) is 1. The van der Waals surface area contributed by atoms with Crippen LogP contribution in [-0.4, -0.2) is 44.1 Å². The van der Waals surface area contributed by atoms with E-state index in [0.717, 1.165) is 35.2 Å². The molecule has 3 aromatic rings. The van der Waals surface area contributed by atoms with Gasteiger partial charge in [-0.15, -0.1) is 10.2 Å². The van der Waals surface area contributed by atoms with Gasteiger partial charge in [0.25, 0.3) is 0 Å². The van der Waals surface area contributed by atoms with Gasteiger partial charge in [-0.05, 0) is 47.7 Å². The summed E-state index contributed by atoms with van der Waals surface area (Å²) in [5, 5.41) is 23.2. The highest BCUT2D eigenvalue weighted by molar-refractivity contribution is 5.60. The second kappa shape index (κ2) is 8.16. The third-order valence-corrected chi connectivity index (χ3v) is 5.12. The summed E-state index contributed by atoms with van der Waals surface area (Å²) in [6.45, 7) is 1.05. The minimum absolute atomic E-state index is 0.182. The minimum atomic E-state index is -4.35. The van der Waals surface area contributed by atoms with Gasteiger partial charge in [0.1, 0.15) is 5.60 Å². The maximum Gasteiger partial charge on any atom is 0.416 e. The average molecular weight is 418 g/mol. The molecule has 0 spiro atoms. The molecule has 1 atom stereocenters. The maximum atomic E-state index is 12.8. The van der Waals surface area contributed by atoms with Crippen molar-refractivity contribution in [3.8, 4) is 11.4 Å². The van der Waals surface area contributed by atoms with Gasteiger partial charge in [-0.1, -0.05) is 36.4 Å². The van der Waals surface area contributed by atoms with Crippen LogP contribution in [0, 0.1) is 0 Å². The van der Waals surface area contributed by atoms with Crippen LogP contribution in [0.2, 0.25) is 0 Å². The van der Waals surface area contributed by atoms with Crippen molar-refractivity contribution in [2.75, 3.05) is 13.2 Å². The molecule has 1 aliphatic heterocycles. The van der Waals surface area contributed by atoms with Crippen LogP contribution in [-0.2, 0) is 23.9 Å².